The Labute approximate surface area is 131 Å². The van der Waals surface area contributed by atoms with Crippen molar-refractivity contribution in [2.24, 2.45) is 0 Å². The summed E-state index contributed by atoms with van der Waals surface area (Å²) in [6.07, 6.45) is 0. The zero-order valence-electron chi connectivity index (χ0n) is 13.2. The first kappa shape index (κ1) is 16.0. The molecule has 0 radical (unpaired) electrons. The quantitative estimate of drug-likeness (QED) is 0.861. The first-order valence-electron chi connectivity index (χ1n) is 7.33. The summed E-state index contributed by atoms with van der Waals surface area (Å²) in [5, 5.41) is 6.11. The van der Waals surface area contributed by atoms with Crippen molar-refractivity contribution in [2.45, 2.75) is 26.4 Å². The molecule has 0 aliphatic carbocycles. The number of methoxy groups -OCH3 is 1. The Morgan fingerprint density at radius 3 is 2.59 bits per heavy atom. The zero-order valence-corrected chi connectivity index (χ0v) is 13.2. The van der Waals surface area contributed by atoms with Crippen LogP contribution in [0.25, 0.3) is 0 Å². The molecule has 1 unspecified atom stereocenters. The van der Waals surface area contributed by atoms with E-state index in [1.54, 1.807) is 7.11 Å². The molecule has 2 N–H and O–H groups in total. The second-order valence-corrected chi connectivity index (χ2v) is 5.26. The summed E-state index contributed by atoms with van der Waals surface area (Å²) in [5.41, 5.74) is 2.99. The van der Waals surface area contributed by atoms with E-state index >= 15 is 0 Å². The van der Waals surface area contributed by atoms with Gasteiger partial charge in [0.15, 0.2) is 0 Å². The van der Waals surface area contributed by atoms with Gasteiger partial charge in [0.2, 0.25) is 5.91 Å². The SMILES string of the molecule is COc1cc(CNC(C)C(=O)Nc2ccccc2)ccc1C. The van der Waals surface area contributed by atoms with Crippen molar-refractivity contribution in [3.63, 3.8) is 0 Å². The number of aryl methyl sites for hydroxylation is 1. The monoisotopic (exact) mass is 298 g/mol. The molecule has 0 aliphatic heterocycles. The molecule has 0 heterocycles. The summed E-state index contributed by atoms with van der Waals surface area (Å²) >= 11 is 0. The lowest BCUT2D eigenvalue weighted by Crippen LogP contribution is -2.37. The summed E-state index contributed by atoms with van der Waals surface area (Å²) in [6.45, 7) is 4.47. The normalized spacial score (nSPS) is 11.8. The number of nitrogens with one attached hydrogen (secondary N) is 2. The fourth-order valence-electron chi connectivity index (χ4n) is 2.11. The lowest BCUT2D eigenvalue weighted by Gasteiger charge is -2.15. The molecule has 0 aromatic heterocycles. The molecule has 2 aromatic carbocycles. The van der Waals surface area contributed by atoms with Crippen LogP contribution in [0.4, 0.5) is 5.69 Å². The maximum absolute atomic E-state index is 12.1. The van der Waals surface area contributed by atoms with E-state index in [1.165, 1.54) is 0 Å². The molecule has 0 aliphatic rings. The van der Waals surface area contributed by atoms with E-state index < -0.39 is 0 Å². The van der Waals surface area contributed by atoms with Crippen LogP contribution in [0, 0.1) is 6.92 Å². The highest BCUT2D eigenvalue weighted by atomic mass is 16.5. The highest BCUT2D eigenvalue weighted by molar-refractivity contribution is 5.94. The first-order valence-corrected chi connectivity index (χ1v) is 7.33. The highest BCUT2D eigenvalue weighted by Gasteiger charge is 2.12. The van der Waals surface area contributed by atoms with Gasteiger partial charge in [-0.15, -0.1) is 0 Å². The standard InChI is InChI=1S/C18H22N2O2/c1-13-9-10-15(11-17(13)22-3)12-19-14(2)18(21)20-16-7-5-4-6-8-16/h4-11,14,19H,12H2,1-3H3,(H,20,21). The van der Waals surface area contributed by atoms with Crippen molar-refractivity contribution >= 4 is 11.6 Å². The maximum atomic E-state index is 12.1. The van der Waals surface area contributed by atoms with Crippen LogP contribution < -0.4 is 15.4 Å². The minimum absolute atomic E-state index is 0.0507. The van der Waals surface area contributed by atoms with E-state index in [0.29, 0.717) is 6.54 Å². The van der Waals surface area contributed by atoms with Crippen LogP contribution in [0.3, 0.4) is 0 Å². The zero-order chi connectivity index (χ0) is 15.9. The Balaban J connectivity index is 1.89. The van der Waals surface area contributed by atoms with Crippen molar-refractivity contribution < 1.29 is 9.53 Å². The fourth-order valence-corrected chi connectivity index (χ4v) is 2.11. The molecule has 4 nitrogen and oxygen atoms in total. The molecule has 1 atom stereocenters. The molecule has 2 aromatic rings. The summed E-state index contributed by atoms with van der Waals surface area (Å²) in [4.78, 5) is 12.1. The Hall–Kier alpha value is -2.33. The van der Waals surface area contributed by atoms with Crippen LogP contribution in [0.2, 0.25) is 0 Å². The van der Waals surface area contributed by atoms with E-state index in [-0.39, 0.29) is 11.9 Å². The van der Waals surface area contributed by atoms with Crippen LogP contribution in [0.1, 0.15) is 18.1 Å². The minimum Gasteiger partial charge on any atom is -0.496 e. The van der Waals surface area contributed by atoms with Gasteiger partial charge < -0.3 is 15.4 Å². The molecule has 0 spiro atoms. The van der Waals surface area contributed by atoms with Crippen molar-refractivity contribution in [3.05, 3.63) is 59.7 Å². The molecule has 116 valence electrons. The van der Waals surface area contributed by atoms with Crippen LogP contribution in [0.5, 0.6) is 5.75 Å². The van der Waals surface area contributed by atoms with E-state index in [1.807, 2.05) is 62.4 Å². The Bertz CT molecular complexity index is 626. The van der Waals surface area contributed by atoms with Crippen LogP contribution in [-0.2, 0) is 11.3 Å². The molecule has 0 fully saturated rings. The Morgan fingerprint density at radius 2 is 1.91 bits per heavy atom. The molecular formula is C18H22N2O2. The number of anilines is 1. The number of amides is 1. The number of carbonyl (C=O) groups is 1. The number of rotatable bonds is 6. The summed E-state index contributed by atoms with van der Waals surface area (Å²) in [5.74, 6) is 0.811. The molecule has 2 rings (SSSR count). The Morgan fingerprint density at radius 1 is 1.18 bits per heavy atom. The average molecular weight is 298 g/mol. The second kappa shape index (κ2) is 7.61. The van der Waals surface area contributed by atoms with Gasteiger partial charge in [0.25, 0.3) is 0 Å². The lowest BCUT2D eigenvalue weighted by molar-refractivity contribution is -0.117. The maximum Gasteiger partial charge on any atom is 0.241 e. The minimum atomic E-state index is -0.285. The third kappa shape index (κ3) is 4.33. The third-order valence-corrected chi connectivity index (χ3v) is 3.52. The van der Waals surface area contributed by atoms with Gasteiger partial charge in [0.1, 0.15) is 5.75 Å². The van der Waals surface area contributed by atoms with Crippen molar-refractivity contribution in [1.29, 1.82) is 0 Å². The number of ether oxygens (including phenoxy) is 1. The molecule has 22 heavy (non-hydrogen) atoms. The number of hydrogen-bond acceptors (Lipinski definition) is 3. The van der Waals surface area contributed by atoms with E-state index in [9.17, 15) is 4.79 Å². The topological polar surface area (TPSA) is 50.4 Å². The number of benzene rings is 2. The predicted molar refractivity (Wildman–Crippen MR) is 89.1 cm³/mol. The number of hydrogen-bond donors (Lipinski definition) is 2. The molecule has 1 amide bonds. The molecule has 0 saturated heterocycles. The van der Waals surface area contributed by atoms with E-state index in [2.05, 4.69) is 10.6 Å². The highest BCUT2D eigenvalue weighted by Crippen LogP contribution is 2.18. The first-order chi connectivity index (χ1) is 10.6. The summed E-state index contributed by atoms with van der Waals surface area (Å²) < 4.78 is 5.31. The second-order valence-electron chi connectivity index (χ2n) is 5.26. The van der Waals surface area contributed by atoms with Crippen LogP contribution in [-0.4, -0.2) is 19.1 Å². The summed E-state index contributed by atoms with van der Waals surface area (Å²) in [6, 6.07) is 15.2. The fraction of sp³-hybridized carbons (Fsp3) is 0.278. The van der Waals surface area contributed by atoms with Crippen LogP contribution >= 0.6 is 0 Å². The summed E-state index contributed by atoms with van der Waals surface area (Å²) in [7, 11) is 1.66. The van der Waals surface area contributed by atoms with Gasteiger partial charge in [0, 0.05) is 12.2 Å². The molecular weight excluding hydrogens is 276 g/mol. The average Bonchev–Trinajstić information content (AvgIpc) is 2.54. The predicted octanol–water partition coefficient (Wildman–Crippen LogP) is 3.12. The van der Waals surface area contributed by atoms with Gasteiger partial charge in [-0.3, -0.25) is 4.79 Å². The van der Waals surface area contributed by atoms with Crippen LogP contribution in [0.15, 0.2) is 48.5 Å². The van der Waals surface area contributed by atoms with Crippen molar-refractivity contribution in [2.75, 3.05) is 12.4 Å². The van der Waals surface area contributed by atoms with Crippen molar-refractivity contribution in [3.8, 4) is 5.75 Å². The lowest BCUT2D eigenvalue weighted by atomic mass is 10.1. The number of carbonyl (C=O) groups excluding carboxylic acids is 1. The van der Waals surface area contributed by atoms with Gasteiger partial charge in [-0.2, -0.15) is 0 Å². The smallest absolute Gasteiger partial charge is 0.241 e. The van der Waals surface area contributed by atoms with Gasteiger partial charge >= 0.3 is 0 Å². The molecule has 0 bridgehead atoms. The third-order valence-electron chi connectivity index (χ3n) is 3.52. The van der Waals surface area contributed by atoms with E-state index in [4.69, 9.17) is 4.74 Å². The molecule has 4 heteroatoms. The van der Waals surface area contributed by atoms with Gasteiger partial charge in [-0.25, -0.2) is 0 Å². The van der Waals surface area contributed by atoms with Gasteiger partial charge in [0.05, 0.1) is 13.2 Å². The van der Waals surface area contributed by atoms with Gasteiger partial charge in [-0.05, 0) is 43.2 Å². The largest absolute Gasteiger partial charge is 0.496 e. The van der Waals surface area contributed by atoms with Crippen molar-refractivity contribution in [1.82, 2.24) is 5.32 Å². The van der Waals surface area contributed by atoms with Gasteiger partial charge in [-0.1, -0.05) is 30.3 Å². The Kier molecular flexibility index (Phi) is 5.55. The molecule has 0 saturated carbocycles. The number of para-hydroxylation sites is 1. The van der Waals surface area contributed by atoms with E-state index in [0.717, 1.165) is 22.6 Å².